The maximum absolute atomic E-state index is 13.4. The average molecular weight is 453 g/mol. The molecule has 1 aliphatic carbocycles. The summed E-state index contributed by atoms with van der Waals surface area (Å²) in [4.78, 5) is 37.0. The van der Waals surface area contributed by atoms with Crippen LogP contribution in [0.5, 0.6) is 0 Å². The fourth-order valence-electron chi connectivity index (χ4n) is 4.60. The first-order chi connectivity index (χ1) is 15.3. The van der Waals surface area contributed by atoms with Crippen molar-refractivity contribution in [3.05, 3.63) is 97.3 Å². The van der Waals surface area contributed by atoms with Gasteiger partial charge in [-0.25, -0.2) is 4.79 Å². The van der Waals surface area contributed by atoms with Crippen LogP contribution in [-0.4, -0.2) is 23.8 Å². The third-order valence-electron chi connectivity index (χ3n) is 5.99. The highest BCUT2D eigenvalue weighted by Gasteiger charge is 2.41. The van der Waals surface area contributed by atoms with E-state index in [4.69, 9.17) is 16.3 Å². The quantitative estimate of drug-likeness (QED) is 0.407. The van der Waals surface area contributed by atoms with Crippen LogP contribution in [-0.2, 0) is 14.3 Å². The molecule has 0 aromatic heterocycles. The summed E-state index contributed by atoms with van der Waals surface area (Å²) in [6, 6.07) is 13.5. The van der Waals surface area contributed by atoms with Crippen molar-refractivity contribution in [3.8, 4) is 0 Å². The Hall–Kier alpha value is -3.45. The lowest BCUT2D eigenvalue weighted by Gasteiger charge is -2.36. The maximum atomic E-state index is 13.4. The summed E-state index contributed by atoms with van der Waals surface area (Å²) in [7, 11) is 1.27. The van der Waals surface area contributed by atoms with Gasteiger partial charge in [-0.05, 0) is 36.5 Å². The van der Waals surface area contributed by atoms with E-state index in [-0.39, 0.29) is 29.4 Å². The van der Waals surface area contributed by atoms with E-state index >= 15 is 0 Å². The Morgan fingerprint density at radius 2 is 1.94 bits per heavy atom. The molecule has 164 valence electrons. The summed E-state index contributed by atoms with van der Waals surface area (Å²) < 4.78 is 4.99. The summed E-state index contributed by atoms with van der Waals surface area (Å²) in [5, 5.41) is 15.2. The molecular formula is C24H21ClN2O5. The minimum absolute atomic E-state index is 0.109. The molecule has 0 radical (unpaired) electrons. The van der Waals surface area contributed by atoms with Gasteiger partial charge in [0.25, 0.3) is 5.69 Å². The molecule has 2 atom stereocenters. The van der Waals surface area contributed by atoms with E-state index in [2.05, 4.69) is 5.32 Å². The fourth-order valence-corrected chi connectivity index (χ4v) is 4.89. The minimum atomic E-state index is -0.752. The molecule has 32 heavy (non-hydrogen) atoms. The third-order valence-corrected chi connectivity index (χ3v) is 6.34. The zero-order valence-electron chi connectivity index (χ0n) is 17.6. The van der Waals surface area contributed by atoms with Gasteiger partial charge in [-0.2, -0.15) is 0 Å². The van der Waals surface area contributed by atoms with Crippen molar-refractivity contribution in [2.75, 3.05) is 7.11 Å². The van der Waals surface area contributed by atoms with Crippen LogP contribution in [0, 0.1) is 10.1 Å². The Morgan fingerprint density at radius 1 is 1.19 bits per heavy atom. The maximum Gasteiger partial charge on any atom is 0.336 e. The minimum Gasteiger partial charge on any atom is -0.466 e. The normalized spacial score (nSPS) is 20.5. The van der Waals surface area contributed by atoms with Crippen LogP contribution >= 0.6 is 11.6 Å². The van der Waals surface area contributed by atoms with E-state index in [0.29, 0.717) is 34.0 Å². The zero-order chi connectivity index (χ0) is 23.0. The van der Waals surface area contributed by atoms with Gasteiger partial charge in [0.1, 0.15) is 0 Å². The van der Waals surface area contributed by atoms with Crippen LogP contribution in [0.2, 0.25) is 5.02 Å². The first kappa shape index (κ1) is 21.8. The molecule has 0 saturated carbocycles. The van der Waals surface area contributed by atoms with Crippen molar-refractivity contribution < 1.29 is 19.2 Å². The lowest BCUT2D eigenvalue weighted by molar-refractivity contribution is -0.384. The number of methoxy groups -OCH3 is 1. The molecule has 2 aromatic rings. The number of hydrogen-bond acceptors (Lipinski definition) is 6. The van der Waals surface area contributed by atoms with Gasteiger partial charge in [0.05, 0.1) is 17.6 Å². The number of non-ortho nitro benzene ring substituents is 1. The van der Waals surface area contributed by atoms with Crippen molar-refractivity contribution in [2.24, 2.45) is 0 Å². The van der Waals surface area contributed by atoms with Gasteiger partial charge in [0, 0.05) is 46.5 Å². The Morgan fingerprint density at radius 3 is 2.62 bits per heavy atom. The van der Waals surface area contributed by atoms with Crippen LogP contribution < -0.4 is 5.32 Å². The number of carbonyl (C=O) groups excluding carboxylic acids is 2. The number of esters is 1. The number of halogens is 1. The van der Waals surface area contributed by atoms with Gasteiger partial charge in [-0.1, -0.05) is 41.9 Å². The Bertz CT molecular complexity index is 1200. The lowest BCUT2D eigenvalue weighted by atomic mass is 9.71. The Labute approximate surface area is 189 Å². The predicted molar refractivity (Wildman–Crippen MR) is 119 cm³/mol. The highest BCUT2D eigenvalue weighted by Crippen LogP contribution is 2.46. The van der Waals surface area contributed by atoms with Gasteiger partial charge in [0.15, 0.2) is 5.78 Å². The molecule has 0 bridgehead atoms. The summed E-state index contributed by atoms with van der Waals surface area (Å²) in [6.07, 6.45) is 0.755. The Kier molecular flexibility index (Phi) is 5.84. The molecule has 7 nitrogen and oxygen atoms in total. The molecule has 2 aromatic carbocycles. The van der Waals surface area contributed by atoms with Crippen molar-refractivity contribution in [1.82, 2.24) is 5.32 Å². The number of carbonyl (C=O) groups is 2. The number of dihydropyridines is 1. The van der Waals surface area contributed by atoms with Gasteiger partial charge in [0.2, 0.25) is 0 Å². The molecular weight excluding hydrogens is 432 g/mol. The SMILES string of the molecule is COC(=O)C1=C(C)NC2=C(C(=O)C[C@@H](c3ccccc3Cl)C2)[C@@H]1c1cccc([N+](=O)[O-])c1. The average Bonchev–Trinajstić information content (AvgIpc) is 2.77. The molecule has 1 heterocycles. The van der Waals surface area contributed by atoms with Crippen molar-refractivity contribution in [2.45, 2.75) is 31.6 Å². The van der Waals surface area contributed by atoms with Crippen LogP contribution in [0.15, 0.2) is 71.1 Å². The monoisotopic (exact) mass is 452 g/mol. The number of hydrogen-bond donors (Lipinski definition) is 1. The van der Waals surface area contributed by atoms with Crippen LogP contribution in [0.4, 0.5) is 5.69 Å². The number of nitrogens with one attached hydrogen (secondary N) is 1. The second kappa shape index (κ2) is 8.59. The van der Waals surface area contributed by atoms with Crippen LogP contribution in [0.25, 0.3) is 0 Å². The highest BCUT2D eigenvalue weighted by molar-refractivity contribution is 6.31. The standard InChI is InChI=1S/C24H21ClN2O5/c1-13-21(24(29)32-2)22(14-6-5-7-16(10-14)27(30)31)23-19(26-13)11-15(12-20(23)28)17-8-3-4-9-18(17)25/h3-10,15,22,26H,11-12H2,1-2H3/t15-,22+/m0/s1. The van der Waals surface area contributed by atoms with E-state index in [0.717, 1.165) is 5.56 Å². The predicted octanol–water partition coefficient (Wildman–Crippen LogP) is 4.78. The largest absolute Gasteiger partial charge is 0.466 e. The molecule has 1 N–H and O–H groups in total. The molecule has 2 aliphatic rings. The summed E-state index contributed by atoms with van der Waals surface area (Å²) in [5.41, 5.74) is 3.26. The van der Waals surface area contributed by atoms with Gasteiger partial charge < -0.3 is 10.1 Å². The number of nitro groups is 1. The number of nitro benzene ring substituents is 1. The zero-order valence-corrected chi connectivity index (χ0v) is 18.3. The summed E-state index contributed by atoms with van der Waals surface area (Å²) >= 11 is 6.38. The summed E-state index contributed by atoms with van der Waals surface area (Å²) in [6.45, 7) is 1.74. The number of ether oxygens (including phenoxy) is 1. The van der Waals surface area contributed by atoms with Crippen molar-refractivity contribution >= 4 is 29.0 Å². The van der Waals surface area contributed by atoms with Gasteiger partial charge >= 0.3 is 5.97 Å². The van der Waals surface area contributed by atoms with Gasteiger partial charge in [-0.3, -0.25) is 14.9 Å². The number of ketones is 1. The topological polar surface area (TPSA) is 98.5 Å². The number of Topliss-reactive ketones (excluding diaryl/α,β-unsaturated/α-hetero) is 1. The number of rotatable bonds is 4. The summed E-state index contributed by atoms with van der Waals surface area (Å²) in [5.74, 6) is -1.58. The molecule has 0 amide bonds. The van der Waals surface area contributed by atoms with Crippen LogP contribution in [0.3, 0.4) is 0 Å². The number of benzene rings is 2. The Balaban J connectivity index is 1.85. The number of allylic oxidation sites excluding steroid dienone is 3. The lowest BCUT2D eigenvalue weighted by Crippen LogP contribution is -2.36. The van der Waals surface area contributed by atoms with Crippen molar-refractivity contribution in [1.29, 1.82) is 0 Å². The van der Waals surface area contributed by atoms with E-state index in [1.807, 2.05) is 18.2 Å². The van der Waals surface area contributed by atoms with E-state index < -0.39 is 16.8 Å². The smallest absolute Gasteiger partial charge is 0.336 e. The second-order valence-electron chi connectivity index (χ2n) is 7.88. The third kappa shape index (κ3) is 3.80. The van der Waals surface area contributed by atoms with E-state index in [1.165, 1.54) is 19.2 Å². The molecule has 1 aliphatic heterocycles. The first-order valence-electron chi connectivity index (χ1n) is 10.1. The van der Waals surface area contributed by atoms with Crippen LogP contribution in [0.1, 0.15) is 42.7 Å². The van der Waals surface area contributed by atoms with Crippen molar-refractivity contribution in [3.63, 3.8) is 0 Å². The molecule has 0 spiro atoms. The first-order valence-corrected chi connectivity index (χ1v) is 10.5. The fraction of sp³-hybridized carbons (Fsp3) is 0.250. The van der Waals surface area contributed by atoms with Gasteiger partial charge in [-0.15, -0.1) is 0 Å². The number of nitrogens with zero attached hydrogens (tertiary/aromatic N) is 1. The highest BCUT2D eigenvalue weighted by atomic mass is 35.5. The second-order valence-corrected chi connectivity index (χ2v) is 8.29. The molecule has 0 saturated heterocycles. The molecule has 0 unspecified atom stereocenters. The molecule has 4 rings (SSSR count). The van der Waals surface area contributed by atoms with E-state index in [1.54, 1.807) is 25.1 Å². The molecule has 8 heteroatoms. The molecule has 0 fully saturated rings. The van der Waals surface area contributed by atoms with E-state index in [9.17, 15) is 19.7 Å².